The number of rotatable bonds is 6. The normalized spacial score (nSPS) is 38.1. The summed E-state index contributed by atoms with van der Waals surface area (Å²) < 4.78 is 10.4. The maximum absolute atomic E-state index is 13.3. The third-order valence-corrected chi connectivity index (χ3v) is 8.09. The largest absolute Gasteiger partial charge is 0.468 e. The van der Waals surface area contributed by atoms with E-state index in [2.05, 4.69) is 4.90 Å². The molecule has 1 heterocycles. The van der Waals surface area contributed by atoms with Crippen LogP contribution in [0.4, 0.5) is 0 Å². The maximum Gasteiger partial charge on any atom is 0.226 e. The van der Waals surface area contributed by atoms with Crippen molar-refractivity contribution in [2.45, 2.75) is 56.6 Å². The SMILES string of the molecule is COCOc1ccc(CC2CCN(C3C4CC5CC3CC(O)(C5)C4)C2=O)c(Cl)c1. The van der Waals surface area contributed by atoms with Gasteiger partial charge < -0.3 is 19.5 Å². The standard InChI is InChI=1S/C23H30ClNO4/c1-28-13-29-19-3-2-15(20(24)9-19)8-16-4-5-25(22(16)26)21-17-6-14-7-18(21)12-23(27,10-14)11-17/h2-3,9,14,16-18,21,27H,4-8,10-13H2,1H3. The van der Waals surface area contributed by atoms with Crippen LogP contribution in [0.3, 0.4) is 0 Å². The van der Waals surface area contributed by atoms with Crippen molar-refractivity contribution in [2.24, 2.45) is 23.7 Å². The van der Waals surface area contributed by atoms with Crippen molar-refractivity contribution in [3.8, 4) is 5.75 Å². The summed E-state index contributed by atoms with van der Waals surface area (Å²) in [6.45, 7) is 1.03. The van der Waals surface area contributed by atoms with Gasteiger partial charge in [0.15, 0.2) is 6.79 Å². The van der Waals surface area contributed by atoms with Crippen LogP contribution < -0.4 is 4.74 Å². The smallest absolute Gasteiger partial charge is 0.226 e. The molecule has 4 saturated carbocycles. The average Bonchev–Trinajstić information content (AvgIpc) is 3.01. The summed E-state index contributed by atoms with van der Waals surface area (Å²) in [5.41, 5.74) is 0.547. The number of carbonyl (C=O) groups is 1. The van der Waals surface area contributed by atoms with Gasteiger partial charge in [-0.15, -0.1) is 0 Å². The average molecular weight is 420 g/mol. The molecule has 0 aromatic heterocycles. The fourth-order valence-electron chi connectivity index (χ4n) is 6.89. The van der Waals surface area contributed by atoms with Crippen molar-refractivity contribution in [1.29, 1.82) is 0 Å². The first-order chi connectivity index (χ1) is 14.0. The molecule has 1 N–H and O–H groups in total. The fraction of sp³-hybridized carbons (Fsp3) is 0.696. The quantitative estimate of drug-likeness (QED) is 0.715. The number of aliphatic hydroxyl groups is 1. The van der Waals surface area contributed by atoms with E-state index in [1.807, 2.05) is 12.1 Å². The summed E-state index contributed by atoms with van der Waals surface area (Å²) in [6.07, 6.45) is 6.68. The maximum atomic E-state index is 13.3. The van der Waals surface area contributed by atoms with Gasteiger partial charge in [0.05, 0.1) is 5.60 Å². The van der Waals surface area contributed by atoms with Gasteiger partial charge in [0.2, 0.25) is 5.91 Å². The molecule has 1 aliphatic heterocycles. The van der Waals surface area contributed by atoms with Gasteiger partial charge in [-0.1, -0.05) is 17.7 Å². The fourth-order valence-corrected chi connectivity index (χ4v) is 7.14. The van der Waals surface area contributed by atoms with Crippen LogP contribution in [0.25, 0.3) is 0 Å². The molecule has 29 heavy (non-hydrogen) atoms. The molecule has 5 fully saturated rings. The van der Waals surface area contributed by atoms with E-state index in [1.165, 1.54) is 12.8 Å². The van der Waals surface area contributed by atoms with E-state index in [-0.39, 0.29) is 18.6 Å². The van der Waals surface area contributed by atoms with E-state index < -0.39 is 5.60 Å². The zero-order valence-electron chi connectivity index (χ0n) is 17.0. The molecule has 0 radical (unpaired) electrons. The van der Waals surface area contributed by atoms with Crippen LogP contribution in [0.1, 0.15) is 44.1 Å². The van der Waals surface area contributed by atoms with Crippen LogP contribution in [-0.4, -0.2) is 48.0 Å². The van der Waals surface area contributed by atoms with E-state index in [0.717, 1.165) is 37.8 Å². The molecular weight excluding hydrogens is 390 g/mol. The molecule has 6 rings (SSSR count). The number of nitrogens with zero attached hydrogens (tertiary/aromatic N) is 1. The number of benzene rings is 1. The minimum atomic E-state index is -0.449. The van der Waals surface area contributed by atoms with Crippen LogP contribution in [0.2, 0.25) is 5.02 Å². The molecule has 0 spiro atoms. The highest BCUT2D eigenvalue weighted by Gasteiger charge is 2.57. The number of hydrogen-bond donors (Lipinski definition) is 1. The van der Waals surface area contributed by atoms with Crippen LogP contribution in [0.15, 0.2) is 18.2 Å². The third kappa shape index (κ3) is 3.55. The first kappa shape index (κ1) is 19.7. The van der Waals surface area contributed by atoms with Crippen molar-refractivity contribution in [3.05, 3.63) is 28.8 Å². The van der Waals surface area contributed by atoms with Crippen molar-refractivity contribution in [1.82, 2.24) is 4.90 Å². The number of likely N-dealkylation sites (tertiary alicyclic amines) is 1. The zero-order chi connectivity index (χ0) is 20.2. The van der Waals surface area contributed by atoms with Crippen molar-refractivity contribution in [3.63, 3.8) is 0 Å². The lowest BCUT2D eigenvalue weighted by atomic mass is 9.52. The first-order valence-electron chi connectivity index (χ1n) is 10.9. The summed E-state index contributed by atoms with van der Waals surface area (Å²) in [6, 6.07) is 5.98. The second kappa shape index (κ2) is 7.44. The Kier molecular flexibility index (Phi) is 5.04. The Labute approximate surface area is 177 Å². The molecule has 4 bridgehead atoms. The Hall–Kier alpha value is -1.30. The molecule has 5 aliphatic rings. The minimum Gasteiger partial charge on any atom is -0.468 e. The van der Waals surface area contributed by atoms with Crippen molar-refractivity contribution >= 4 is 17.5 Å². The second-order valence-corrected chi connectivity index (χ2v) is 10.1. The molecule has 4 aliphatic carbocycles. The Balaban J connectivity index is 1.26. The van der Waals surface area contributed by atoms with E-state index in [4.69, 9.17) is 21.1 Å². The van der Waals surface area contributed by atoms with Gasteiger partial charge in [0, 0.05) is 30.6 Å². The van der Waals surface area contributed by atoms with Crippen molar-refractivity contribution in [2.75, 3.05) is 20.4 Å². The van der Waals surface area contributed by atoms with Gasteiger partial charge in [-0.25, -0.2) is 0 Å². The van der Waals surface area contributed by atoms with Gasteiger partial charge in [0.1, 0.15) is 5.75 Å². The predicted octanol–water partition coefficient (Wildman–Crippen LogP) is 3.65. The number of hydrogen-bond acceptors (Lipinski definition) is 4. The number of halogens is 1. The van der Waals surface area contributed by atoms with Crippen LogP contribution >= 0.6 is 11.6 Å². The summed E-state index contributed by atoms with van der Waals surface area (Å²) >= 11 is 6.46. The Morgan fingerprint density at radius 1 is 1.24 bits per heavy atom. The molecule has 1 aromatic carbocycles. The highest BCUT2D eigenvalue weighted by Crippen LogP contribution is 2.57. The summed E-state index contributed by atoms with van der Waals surface area (Å²) in [7, 11) is 1.58. The lowest BCUT2D eigenvalue weighted by Crippen LogP contribution is -2.62. The molecule has 6 heteroatoms. The molecule has 3 atom stereocenters. The van der Waals surface area contributed by atoms with Gasteiger partial charge in [-0.2, -0.15) is 0 Å². The number of methoxy groups -OCH3 is 1. The Morgan fingerprint density at radius 2 is 2.00 bits per heavy atom. The van der Waals surface area contributed by atoms with E-state index in [9.17, 15) is 9.90 Å². The highest BCUT2D eigenvalue weighted by molar-refractivity contribution is 6.31. The summed E-state index contributed by atoms with van der Waals surface area (Å²) in [5.74, 6) is 2.58. The molecule has 1 aromatic rings. The predicted molar refractivity (Wildman–Crippen MR) is 110 cm³/mol. The molecule has 1 saturated heterocycles. The zero-order valence-corrected chi connectivity index (χ0v) is 17.7. The molecule has 158 valence electrons. The Bertz CT molecular complexity index is 783. The molecule has 3 unspecified atom stereocenters. The highest BCUT2D eigenvalue weighted by atomic mass is 35.5. The topological polar surface area (TPSA) is 59.0 Å². The first-order valence-corrected chi connectivity index (χ1v) is 11.3. The van der Waals surface area contributed by atoms with Gasteiger partial charge in [-0.05, 0) is 80.4 Å². The van der Waals surface area contributed by atoms with Crippen LogP contribution in [0, 0.1) is 23.7 Å². The molecule has 5 nitrogen and oxygen atoms in total. The van der Waals surface area contributed by atoms with Gasteiger partial charge in [0.25, 0.3) is 0 Å². The molecular formula is C23H30ClNO4. The van der Waals surface area contributed by atoms with Gasteiger partial charge >= 0.3 is 0 Å². The Morgan fingerprint density at radius 3 is 2.66 bits per heavy atom. The second-order valence-electron chi connectivity index (χ2n) is 9.71. The summed E-state index contributed by atoms with van der Waals surface area (Å²) in [5, 5.41) is 11.5. The van der Waals surface area contributed by atoms with Gasteiger partial charge in [-0.3, -0.25) is 4.79 Å². The molecule has 1 amide bonds. The van der Waals surface area contributed by atoms with Crippen LogP contribution in [-0.2, 0) is 16.0 Å². The van der Waals surface area contributed by atoms with E-state index in [0.29, 0.717) is 41.0 Å². The lowest BCUT2D eigenvalue weighted by Gasteiger charge is -2.59. The number of carbonyl (C=O) groups excluding carboxylic acids is 1. The van der Waals surface area contributed by atoms with E-state index >= 15 is 0 Å². The van der Waals surface area contributed by atoms with Crippen molar-refractivity contribution < 1.29 is 19.4 Å². The monoisotopic (exact) mass is 419 g/mol. The number of ether oxygens (including phenoxy) is 2. The van der Waals surface area contributed by atoms with Crippen LogP contribution in [0.5, 0.6) is 5.75 Å². The third-order valence-electron chi connectivity index (χ3n) is 7.74. The lowest BCUT2D eigenvalue weighted by molar-refractivity contribution is -0.168. The number of amides is 1. The summed E-state index contributed by atoms with van der Waals surface area (Å²) in [4.78, 5) is 15.5. The van der Waals surface area contributed by atoms with E-state index in [1.54, 1.807) is 13.2 Å². The minimum absolute atomic E-state index is 0.00137.